The molecule has 1 amide bonds. The van der Waals surface area contributed by atoms with Crippen molar-refractivity contribution < 1.29 is 15.1 Å². The number of anilines is 3. The molecule has 0 aromatic carbocycles. The molecule has 0 unspecified atom stereocenters. The monoisotopic (exact) mass is 387 g/mol. The van der Waals surface area contributed by atoms with Gasteiger partial charge < -0.3 is 15.6 Å². The topological polar surface area (TPSA) is 138 Å². The first-order valence-electron chi connectivity index (χ1n) is 8.57. The van der Waals surface area contributed by atoms with E-state index in [1.165, 1.54) is 12.3 Å². The van der Waals surface area contributed by atoms with Gasteiger partial charge in [0.05, 0.1) is 11.9 Å². The minimum Gasteiger partial charge on any atom is -0.465 e. The zero-order valence-electron chi connectivity index (χ0n) is 14.7. The van der Waals surface area contributed by atoms with Crippen LogP contribution in [0.3, 0.4) is 0 Å². The predicted octanol–water partition coefficient (Wildman–Crippen LogP) is 3.45. The van der Waals surface area contributed by atoms with Crippen LogP contribution in [0.2, 0.25) is 0 Å². The molecule has 142 valence electrons. The summed E-state index contributed by atoms with van der Waals surface area (Å²) in [6.45, 7) is 0. The maximum absolute atomic E-state index is 11.0. The first-order valence-corrected chi connectivity index (χ1v) is 8.57. The molecule has 0 fully saturated rings. The van der Waals surface area contributed by atoms with Crippen molar-refractivity contribution in [2.24, 2.45) is 0 Å². The quantitative estimate of drug-likeness (QED) is 0.338. The molecule has 1 aliphatic rings. The van der Waals surface area contributed by atoms with E-state index in [1.54, 1.807) is 36.8 Å². The average Bonchev–Trinajstić information content (AvgIpc) is 2.98. The third kappa shape index (κ3) is 2.70. The van der Waals surface area contributed by atoms with Gasteiger partial charge in [-0.1, -0.05) is 0 Å². The molecule has 0 bridgehead atoms. The molecule has 0 aliphatic carbocycles. The molecule has 29 heavy (non-hydrogen) atoms. The molecule has 0 saturated heterocycles. The van der Waals surface area contributed by atoms with E-state index in [0.717, 1.165) is 4.73 Å². The highest BCUT2D eigenvalue weighted by atomic mass is 16.5. The zero-order chi connectivity index (χ0) is 20.0. The fourth-order valence-corrected chi connectivity index (χ4v) is 3.30. The Labute approximate surface area is 163 Å². The van der Waals surface area contributed by atoms with Gasteiger partial charge in [0.15, 0.2) is 5.82 Å². The minimum absolute atomic E-state index is 0.126. The van der Waals surface area contributed by atoms with Crippen molar-refractivity contribution in [3.05, 3.63) is 55.1 Å². The standard InChI is InChI=1S/C19H13N7O3/c27-19(28)24-14-8-10(3-7-21-14)18-25-15-12-2-1-5-22-17(12)23-13-9-20-6-4-11(13)16(15)26(18)29/h1-9,29H,(H,21,24)(H,22,23)(H,27,28). The lowest BCUT2D eigenvalue weighted by Crippen LogP contribution is -2.08. The molecule has 4 aromatic rings. The van der Waals surface area contributed by atoms with Crippen LogP contribution in [0.4, 0.5) is 22.1 Å². The summed E-state index contributed by atoms with van der Waals surface area (Å²) in [5.74, 6) is 0.958. The highest BCUT2D eigenvalue weighted by molar-refractivity contribution is 5.95. The summed E-state index contributed by atoms with van der Waals surface area (Å²) in [6, 6.07) is 8.55. The van der Waals surface area contributed by atoms with Gasteiger partial charge in [-0.2, -0.15) is 4.73 Å². The summed E-state index contributed by atoms with van der Waals surface area (Å²) in [6.07, 6.45) is 5.15. The van der Waals surface area contributed by atoms with Gasteiger partial charge in [-0.15, -0.1) is 0 Å². The maximum atomic E-state index is 11.0. The second kappa shape index (κ2) is 6.30. The normalized spacial score (nSPS) is 11.4. The van der Waals surface area contributed by atoms with Crippen LogP contribution >= 0.6 is 0 Å². The van der Waals surface area contributed by atoms with Gasteiger partial charge in [0, 0.05) is 35.3 Å². The van der Waals surface area contributed by atoms with E-state index < -0.39 is 6.09 Å². The summed E-state index contributed by atoms with van der Waals surface area (Å²) >= 11 is 0. The van der Waals surface area contributed by atoms with Gasteiger partial charge in [0.25, 0.3) is 0 Å². The fraction of sp³-hybridized carbons (Fsp3) is 0. The third-order valence-electron chi connectivity index (χ3n) is 4.50. The Kier molecular flexibility index (Phi) is 3.63. The lowest BCUT2D eigenvalue weighted by atomic mass is 10.1. The highest BCUT2D eigenvalue weighted by Crippen LogP contribution is 2.44. The summed E-state index contributed by atoms with van der Waals surface area (Å²) in [4.78, 5) is 28.1. The molecule has 5 heterocycles. The Morgan fingerprint density at radius 2 is 2.00 bits per heavy atom. The Bertz CT molecular complexity index is 1270. The number of nitrogens with one attached hydrogen (secondary N) is 2. The van der Waals surface area contributed by atoms with Gasteiger partial charge in [-0.25, -0.2) is 19.7 Å². The van der Waals surface area contributed by atoms with E-state index in [0.29, 0.717) is 39.6 Å². The van der Waals surface area contributed by atoms with Crippen molar-refractivity contribution in [2.45, 2.75) is 0 Å². The number of nitrogens with zero attached hydrogens (tertiary/aromatic N) is 5. The number of aromatic nitrogens is 5. The number of carboxylic acid groups (broad SMARTS) is 1. The number of hydrogen-bond donors (Lipinski definition) is 4. The first kappa shape index (κ1) is 16.7. The van der Waals surface area contributed by atoms with Crippen molar-refractivity contribution in [3.8, 4) is 33.9 Å². The number of fused-ring (bicyclic) bond motifs is 5. The summed E-state index contributed by atoms with van der Waals surface area (Å²) in [5, 5.41) is 25.4. The van der Waals surface area contributed by atoms with Gasteiger partial charge in [0.2, 0.25) is 0 Å². The predicted molar refractivity (Wildman–Crippen MR) is 104 cm³/mol. The van der Waals surface area contributed by atoms with E-state index >= 15 is 0 Å². The number of amides is 1. The van der Waals surface area contributed by atoms with Crippen molar-refractivity contribution in [1.82, 2.24) is 24.7 Å². The van der Waals surface area contributed by atoms with Crippen LogP contribution in [0.15, 0.2) is 55.1 Å². The van der Waals surface area contributed by atoms with E-state index in [1.807, 2.05) is 6.07 Å². The number of carbonyl (C=O) groups is 1. The van der Waals surface area contributed by atoms with Crippen LogP contribution in [0, 0.1) is 0 Å². The van der Waals surface area contributed by atoms with Crippen LogP contribution in [-0.4, -0.2) is 41.1 Å². The molecule has 0 saturated carbocycles. The fourth-order valence-electron chi connectivity index (χ4n) is 3.30. The molecule has 0 atom stereocenters. The first-order chi connectivity index (χ1) is 14.1. The molecular formula is C19H13N7O3. The molecule has 5 rings (SSSR count). The second-order valence-corrected chi connectivity index (χ2v) is 6.25. The Balaban J connectivity index is 1.76. The van der Waals surface area contributed by atoms with Crippen molar-refractivity contribution >= 4 is 23.4 Å². The van der Waals surface area contributed by atoms with Crippen molar-refractivity contribution in [1.29, 1.82) is 0 Å². The van der Waals surface area contributed by atoms with E-state index in [-0.39, 0.29) is 11.6 Å². The van der Waals surface area contributed by atoms with Crippen LogP contribution in [0.25, 0.3) is 33.9 Å². The highest BCUT2D eigenvalue weighted by Gasteiger charge is 2.28. The second-order valence-electron chi connectivity index (χ2n) is 6.25. The molecular weight excluding hydrogens is 374 g/mol. The molecule has 0 spiro atoms. The van der Waals surface area contributed by atoms with E-state index in [4.69, 9.17) is 5.11 Å². The van der Waals surface area contributed by atoms with E-state index in [9.17, 15) is 10.0 Å². The summed E-state index contributed by atoms with van der Waals surface area (Å²) in [7, 11) is 0. The Hall–Kier alpha value is -4.47. The van der Waals surface area contributed by atoms with E-state index in [2.05, 4.69) is 30.6 Å². The number of pyridine rings is 3. The molecule has 4 aromatic heterocycles. The molecule has 1 aliphatic heterocycles. The third-order valence-corrected chi connectivity index (χ3v) is 4.50. The summed E-state index contributed by atoms with van der Waals surface area (Å²) in [5.41, 5.74) is 3.59. The lowest BCUT2D eigenvalue weighted by Gasteiger charge is -2.09. The number of hydrogen-bond acceptors (Lipinski definition) is 7. The largest absolute Gasteiger partial charge is 0.465 e. The van der Waals surface area contributed by atoms with Crippen LogP contribution in [0.5, 0.6) is 0 Å². The Morgan fingerprint density at radius 3 is 2.86 bits per heavy atom. The SMILES string of the molecule is O=C(O)Nc1cc(-c2nc3c(n2O)-c2ccncc2Nc2ncccc2-3)ccn1. The van der Waals surface area contributed by atoms with Crippen molar-refractivity contribution in [3.63, 3.8) is 0 Å². The van der Waals surface area contributed by atoms with Gasteiger partial charge in [-0.3, -0.25) is 10.3 Å². The minimum atomic E-state index is -1.23. The maximum Gasteiger partial charge on any atom is 0.410 e. The van der Waals surface area contributed by atoms with Crippen LogP contribution < -0.4 is 10.6 Å². The van der Waals surface area contributed by atoms with Gasteiger partial charge >= 0.3 is 6.09 Å². The Morgan fingerprint density at radius 1 is 1.10 bits per heavy atom. The van der Waals surface area contributed by atoms with Crippen LogP contribution in [-0.2, 0) is 0 Å². The zero-order valence-corrected chi connectivity index (χ0v) is 14.7. The molecule has 0 radical (unpaired) electrons. The number of rotatable bonds is 2. The van der Waals surface area contributed by atoms with Crippen molar-refractivity contribution in [2.75, 3.05) is 10.6 Å². The summed E-state index contributed by atoms with van der Waals surface area (Å²) < 4.78 is 0.984. The smallest absolute Gasteiger partial charge is 0.410 e. The average molecular weight is 387 g/mol. The molecule has 4 N–H and O–H groups in total. The van der Waals surface area contributed by atoms with Crippen LogP contribution in [0.1, 0.15) is 0 Å². The molecule has 10 nitrogen and oxygen atoms in total. The lowest BCUT2D eigenvalue weighted by molar-refractivity contribution is 0.195. The number of imidazole rings is 1. The van der Waals surface area contributed by atoms with Gasteiger partial charge in [-0.05, 0) is 30.3 Å². The van der Waals surface area contributed by atoms with Gasteiger partial charge in [0.1, 0.15) is 23.0 Å². The molecule has 10 heteroatoms.